The summed E-state index contributed by atoms with van der Waals surface area (Å²) in [5.41, 5.74) is 0. The molecule has 0 radical (unpaired) electrons. The first-order valence-electron chi connectivity index (χ1n) is 4.85. The van der Waals surface area contributed by atoms with Crippen LogP contribution in [0.25, 0.3) is 0 Å². The Kier molecular flexibility index (Phi) is 4.86. The highest BCUT2D eigenvalue weighted by atomic mass is 35.5. The van der Waals surface area contributed by atoms with Crippen molar-refractivity contribution in [1.82, 2.24) is 9.29 Å². The standard InChI is InChI=1S/C11H13ClN2O2S/c1-3-7-14(8-4-2)17(15,16)11-9-13-6-5-10(11)12/h3-6,9H,1-2,7-8H2. The minimum Gasteiger partial charge on any atom is -0.263 e. The maximum absolute atomic E-state index is 12.2. The van der Waals surface area contributed by atoms with E-state index in [4.69, 9.17) is 11.6 Å². The van der Waals surface area contributed by atoms with E-state index in [1.54, 1.807) is 0 Å². The highest BCUT2D eigenvalue weighted by Crippen LogP contribution is 2.23. The zero-order valence-corrected chi connectivity index (χ0v) is 10.8. The molecule has 0 saturated carbocycles. The molecule has 0 aliphatic rings. The molecule has 1 aromatic heterocycles. The Morgan fingerprint density at radius 2 is 1.94 bits per heavy atom. The molecule has 4 nitrogen and oxygen atoms in total. The number of hydrogen-bond donors (Lipinski definition) is 0. The zero-order chi connectivity index (χ0) is 12.9. The third-order valence-electron chi connectivity index (χ3n) is 2.02. The van der Waals surface area contributed by atoms with Gasteiger partial charge in [0.1, 0.15) is 4.90 Å². The average Bonchev–Trinajstić information content (AvgIpc) is 2.29. The monoisotopic (exact) mass is 272 g/mol. The van der Waals surface area contributed by atoms with Gasteiger partial charge in [0, 0.05) is 25.5 Å². The lowest BCUT2D eigenvalue weighted by Crippen LogP contribution is -2.31. The molecule has 0 atom stereocenters. The summed E-state index contributed by atoms with van der Waals surface area (Å²) in [5.74, 6) is 0. The Balaban J connectivity index is 3.20. The molecule has 0 amide bonds. The molecule has 0 N–H and O–H groups in total. The molecular weight excluding hydrogens is 260 g/mol. The van der Waals surface area contributed by atoms with Crippen molar-refractivity contribution in [3.8, 4) is 0 Å². The van der Waals surface area contributed by atoms with Crippen LogP contribution >= 0.6 is 11.6 Å². The van der Waals surface area contributed by atoms with Gasteiger partial charge in [-0.05, 0) is 6.07 Å². The summed E-state index contributed by atoms with van der Waals surface area (Å²) >= 11 is 5.86. The summed E-state index contributed by atoms with van der Waals surface area (Å²) < 4.78 is 25.7. The van der Waals surface area contributed by atoms with Gasteiger partial charge in [-0.2, -0.15) is 4.31 Å². The third-order valence-corrected chi connectivity index (χ3v) is 4.32. The van der Waals surface area contributed by atoms with Crippen LogP contribution in [0.2, 0.25) is 5.02 Å². The minimum atomic E-state index is -3.66. The summed E-state index contributed by atoms with van der Waals surface area (Å²) in [4.78, 5) is 3.76. The van der Waals surface area contributed by atoms with Crippen LogP contribution in [0.5, 0.6) is 0 Å². The highest BCUT2D eigenvalue weighted by Gasteiger charge is 2.24. The van der Waals surface area contributed by atoms with Gasteiger partial charge in [-0.1, -0.05) is 23.8 Å². The molecule has 17 heavy (non-hydrogen) atoms. The first-order valence-corrected chi connectivity index (χ1v) is 6.67. The van der Waals surface area contributed by atoms with Crippen LogP contribution in [0.1, 0.15) is 0 Å². The number of halogens is 1. The lowest BCUT2D eigenvalue weighted by Gasteiger charge is -2.19. The second-order valence-corrected chi connectivity index (χ2v) is 5.52. The van der Waals surface area contributed by atoms with Gasteiger partial charge in [-0.25, -0.2) is 8.42 Å². The van der Waals surface area contributed by atoms with Gasteiger partial charge in [-0.15, -0.1) is 13.2 Å². The Labute approximate surface area is 106 Å². The predicted octanol–water partition coefficient (Wildman–Crippen LogP) is 2.10. The van der Waals surface area contributed by atoms with Crippen LogP contribution < -0.4 is 0 Å². The normalized spacial score (nSPS) is 11.4. The fraction of sp³-hybridized carbons (Fsp3) is 0.182. The topological polar surface area (TPSA) is 50.3 Å². The van der Waals surface area contributed by atoms with Gasteiger partial charge in [0.15, 0.2) is 0 Å². The van der Waals surface area contributed by atoms with Gasteiger partial charge < -0.3 is 0 Å². The third kappa shape index (κ3) is 3.15. The largest absolute Gasteiger partial charge is 0.263 e. The van der Waals surface area contributed by atoms with Crippen molar-refractivity contribution in [3.63, 3.8) is 0 Å². The number of sulfonamides is 1. The summed E-state index contributed by atoms with van der Waals surface area (Å²) in [7, 11) is -3.66. The number of nitrogens with zero attached hydrogens (tertiary/aromatic N) is 2. The van der Waals surface area contributed by atoms with E-state index in [1.807, 2.05) is 0 Å². The average molecular weight is 273 g/mol. The summed E-state index contributed by atoms with van der Waals surface area (Å²) in [5, 5.41) is 0.151. The molecule has 0 spiro atoms. The Morgan fingerprint density at radius 1 is 1.35 bits per heavy atom. The molecule has 0 aromatic carbocycles. The van der Waals surface area contributed by atoms with Gasteiger partial charge in [0.05, 0.1) is 5.02 Å². The minimum absolute atomic E-state index is 0.00892. The van der Waals surface area contributed by atoms with Gasteiger partial charge in [0.2, 0.25) is 10.0 Å². The van der Waals surface area contributed by atoms with E-state index in [1.165, 1.54) is 34.9 Å². The number of aromatic nitrogens is 1. The van der Waals surface area contributed by atoms with E-state index in [0.29, 0.717) is 0 Å². The van der Waals surface area contributed by atoms with Crippen molar-refractivity contribution < 1.29 is 8.42 Å². The smallest absolute Gasteiger partial charge is 0.246 e. The lowest BCUT2D eigenvalue weighted by atomic mass is 10.5. The van der Waals surface area contributed by atoms with Gasteiger partial charge in [-0.3, -0.25) is 4.98 Å². The summed E-state index contributed by atoms with van der Waals surface area (Å²) in [6, 6.07) is 1.44. The molecule has 0 fully saturated rings. The molecule has 1 rings (SSSR count). The SMILES string of the molecule is C=CCN(CC=C)S(=O)(=O)c1cnccc1Cl. The Morgan fingerprint density at radius 3 is 2.41 bits per heavy atom. The van der Waals surface area contributed by atoms with Crippen LogP contribution in [0.4, 0.5) is 0 Å². The Bertz CT molecular complexity index is 504. The van der Waals surface area contributed by atoms with Crippen LogP contribution in [0.3, 0.4) is 0 Å². The maximum atomic E-state index is 12.2. The second-order valence-electron chi connectivity index (χ2n) is 3.21. The summed E-state index contributed by atoms with van der Waals surface area (Å²) in [6.45, 7) is 7.43. The van der Waals surface area contributed by atoms with E-state index < -0.39 is 10.0 Å². The van der Waals surface area contributed by atoms with Crippen LogP contribution in [0.15, 0.2) is 48.7 Å². The molecular formula is C11H13ClN2O2S. The fourth-order valence-corrected chi connectivity index (χ4v) is 3.04. The lowest BCUT2D eigenvalue weighted by molar-refractivity contribution is 0.474. The molecule has 92 valence electrons. The molecule has 0 aliphatic heterocycles. The van der Waals surface area contributed by atoms with Crippen LogP contribution in [-0.4, -0.2) is 30.8 Å². The van der Waals surface area contributed by atoms with Crippen molar-refractivity contribution in [2.45, 2.75) is 4.90 Å². The molecule has 1 heterocycles. The number of rotatable bonds is 6. The van der Waals surface area contributed by atoms with Crippen molar-refractivity contribution in [2.24, 2.45) is 0 Å². The van der Waals surface area contributed by atoms with E-state index in [-0.39, 0.29) is 23.0 Å². The van der Waals surface area contributed by atoms with E-state index in [0.717, 1.165) is 0 Å². The van der Waals surface area contributed by atoms with E-state index >= 15 is 0 Å². The molecule has 6 heteroatoms. The highest BCUT2D eigenvalue weighted by molar-refractivity contribution is 7.89. The molecule has 0 aliphatic carbocycles. The molecule has 1 aromatic rings. The van der Waals surface area contributed by atoms with Crippen molar-refractivity contribution >= 4 is 21.6 Å². The van der Waals surface area contributed by atoms with Gasteiger partial charge in [0.25, 0.3) is 0 Å². The van der Waals surface area contributed by atoms with Crippen molar-refractivity contribution in [2.75, 3.05) is 13.1 Å². The van der Waals surface area contributed by atoms with Crippen molar-refractivity contribution in [3.05, 3.63) is 48.8 Å². The molecule has 0 saturated heterocycles. The van der Waals surface area contributed by atoms with E-state index in [9.17, 15) is 8.42 Å². The fourth-order valence-electron chi connectivity index (χ4n) is 1.25. The van der Waals surface area contributed by atoms with Crippen molar-refractivity contribution in [1.29, 1.82) is 0 Å². The molecule has 0 unspecified atom stereocenters. The number of pyridine rings is 1. The van der Waals surface area contributed by atoms with Crippen LogP contribution in [0, 0.1) is 0 Å². The zero-order valence-electron chi connectivity index (χ0n) is 9.21. The maximum Gasteiger partial charge on any atom is 0.246 e. The number of hydrogen-bond acceptors (Lipinski definition) is 3. The quantitative estimate of drug-likeness (QED) is 0.745. The Hall–Kier alpha value is -1.17. The van der Waals surface area contributed by atoms with Crippen LogP contribution in [-0.2, 0) is 10.0 Å². The second kappa shape index (κ2) is 5.95. The van der Waals surface area contributed by atoms with Gasteiger partial charge >= 0.3 is 0 Å². The first-order chi connectivity index (χ1) is 8.04. The first kappa shape index (κ1) is 13.9. The predicted molar refractivity (Wildman–Crippen MR) is 68.4 cm³/mol. The van der Waals surface area contributed by atoms with E-state index in [2.05, 4.69) is 18.1 Å². The molecule has 0 bridgehead atoms. The summed E-state index contributed by atoms with van der Waals surface area (Å²) in [6.07, 6.45) is 5.68.